The molecule has 0 fully saturated rings. The van der Waals surface area contributed by atoms with Crippen LogP contribution < -0.4 is 5.32 Å². The predicted molar refractivity (Wildman–Crippen MR) is 101 cm³/mol. The van der Waals surface area contributed by atoms with Crippen LogP contribution in [0.2, 0.25) is 0 Å². The van der Waals surface area contributed by atoms with E-state index in [-0.39, 0.29) is 11.8 Å². The summed E-state index contributed by atoms with van der Waals surface area (Å²) in [6.45, 7) is 0.456. The molecule has 1 unspecified atom stereocenters. The summed E-state index contributed by atoms with van der Waals surface area (Å²) >= 11 is 0. The van der Waals surface area contributed by atoms with Crippen LogP contribution in [-0.2, 0) is 10.1 Å². The highest BCUT2D eigenvalue weighted by atomic mass is 32.2. The summed E-state index contributed by atoms with van der Waals surface area (Å²) in [6, 6.07) is 5.20. The molecule has 2 N–H and O–H groups in total. The quantitative estimate of drug-likeness (QED) is 0.536. The number of anilines is 1. The summed E-state index contributed by atoms with van der Waals surface area (Å²) in [5.74, 6) is 0.109. The van der Waals surface area contributed by atoms with Crippen LogP contribution in [0.15, 0.2) is 36.8 Å². The first-order valence-corrected chi connectivity index (χ1v) is 9.92. The minimum absolute atomic E-state index is 0.318. The lowest BCUT2D eigenvalue weighted by Crippen LogP contribution is -2.36. The zero-order valence-corrected chi connectivity index (χ0v) is 15.8. The van der Waals surface area contributed by atoms with E-state index in [1.54, 1.807) is 43.7 Å². The second kappa shape index (κ2) is 7.94. The maximum Gasteiger partial charge on any atom is 0.266 e. The van der Waals surface area contributed by atoms with E-state index < -0.39 is 10.1 Å². The Balaban J connectivity index is 1.69. The molecule has 1 atom stereocenters. The van der Waals surface area contributed by atoms with E-state index in [0.717, 1.165) is 11.1 Å². The van der Waals surface area contributed by atoms with E-state index >= 15 is 0 Å². The van der Waals surface area contributed by atoms with Crippen molar-refractivity contribution in [1.82, 2.24) is 29.7 Å². The summed E-state index contributed by atoms with van der Waals surface area (Å²) in [4.78, 5) is 10.5. The second-order valence-corrected chi connectivity index (χ2v) is 7.80. The van der Waals surface area contributed by atoms with Crippen molar-refractivity contribution in [3.63, 3.8) is 0 Å². The molecule has 10 nitrogen and oxygen atoms in total. The molecule has 3 aromatic rings. The summed E-state index contributed by atoms with van der Waals surface area (Å²) in [5, 5.41) is 11.4. The number of nitrogens with zero attached hydrogens (tertiary/aromatic N) is 6. The van der Waals surface area contributed by atoms with Gasteiger partial charge in [0.1, 0.15) is 0 Å². The van der Waals surface area contributed by atoms with Crippen molar-refractivity contribution in [2.75, 3.05) is 31.7 Å². The minimum Gasteiger partial charge on any atom is -0.354 e. The molecule has 0 radical (unpaired) electrons. The monoisotopic (exact) mass is 391 g/mol. The second-order valence-electron chi connectivity index (χ2n) is 6.30. The Hall–Kier alpha value is -2.63. The van der Waals surface area contributed by atoms with E-state index in [2.05, 4.69) is 25.5 Å². The zero-order chi connectivity index (χ0) is 19.4. The fourth-order valence-corrected chi connectivity index (χ4v) is 3.66. The molecule has 3 aromatic heterocycles. The van der Waals surface area contributed by atoms with Gasteiger partial charge >= 0.3 is 0 Å². The lowest BCUT2D eigenvalue weighted by atomic mass is 10.2. The molecule has 0 aliphatic heterocycles. The molecule has 144 valence electrons. The summed E-state index contributed by atoms with van der Waals surface area (Å²) in [7, 11) is -0.496. The highest BCUT2D eigenvalue weighted by Gasteiger charge is 2.19. The summed E-state index contributed by atoms with van der Waals surface area (Å²) in [5.41, 5.74) is 2.38. The van der Waals surface area contributed by atoms with Crippen LogP contribution in [0.3, 0.4) is 0 Å². The molecule has 0 saturated heterocycles. The standard InChI is InChI=1S/C16H21N7O3S/c1-22(2)12(11-27(24,25)26)5-8-17-16-18-9-6-14(21-16)13-10-20-23-15(13)4-3-7-19-23/h3-4,6-7,9-10,12H,5,8,11H2,1-2H3,(H,17,18,21)(H,24,25,26). The lowest BCUT2D eigenvalue weighted by molar-refractivity contribution is 0.300. The highest BCUT2D eigenvalue weighted by Crippen LogP contribution is 2.22. The lowest BCUT2D eigenvalue weighted by Gasteiger charge is -2.23. The molecular weight excluding hydrogens is 370 g/mol. The van der Waals surface area contributed by atoms with E-state index in [0.29, 0.717) is 24.6 Å². The Bertz CT molecular complexity index is 1020. The SMILES string of the molecule is CN(C)C(CCNc1nccc(-c2cnn3ncccc23)n1)CS(=O)(=O)O. The zero-order valence-electron chi connectivity index (χ0n) is 15.0. The highest BCUT2D eigenvalue weighted by molar-refractivity contribution is 7.85. The maximum atomic E-state index is 11.1. The molecule has 0 aliphatic carbocycles. The molecule has 0 bridgehead atoms. The van der Waals surface area contributed by atoms with Gasteiger partial charge in [0.2, 0.25) is 5.95 Å². The molecule has 0 aliphatic rings. The molecular formula is C16H21N7O3S. The third kappa shape index (κ3) is 4.96. The van der Waals surface area contributed by atoms with Crippen molar-refractivity contribution >= 4 is 21.6 Å². The first kappa shape index (κ1) is 19.1. The number of rotatable bonds is 8. The van der Waals surface area contributed by atoms with Gasteiger partial charge in [-0.15, -0.1) is 0 Å². The Kier molecular flexibility index (Phi) is 5.63. The van der Waals surface area contributed by atoms with Gasteiger partial charge in [0.15, 0.2) is 0 Å². The van der Waals surface area contributed by atoms with Gasteiger partial charge in [-0.3, -0.25) is 4.55 Å². The average molecular weight is 391 g/mol. The summed E-state index contributed by atoms with van der Waals surface area (Å²) in [6.07, 6.45) is 5.50. The molecule has 0 aromatic carbocycles. The topological polar surface area (TPSA) is 126 Å². The van der Waals surface area contributed by atoms with E-state index in [1.807, 2.05) is 12.1 Å². The number of fused-ring (bicyclic) bond motifs is 1. The van der Waals surface area contributed by atoms with Gasteiger partial charge in [0.05, 0.1) is 23.2 Å². The molecule has 3 heterocycles. The van der Waals surface area contributed by atoms with Crippen molar-refractivity contribution in [2.45, 2.75) is 12.5 Å². The van der Waals surface area contributed by atoms with Crippen LogP contribution in [0.25, 0.3) is 16.8 Å². The van der Waals surface area contributed by atoms with Crippen LogP contribution in [0.4, 0.5) is 5.95 Å². The van der Waals surface area contributed by atoms with E-state index in [4.69, 9.17) is 4.55 Å². The largest absolute Gasteiger partial charge is 0.354 e. The van der Waals surface area contributed by atoms with Gasteiger partial charge in [-0.05, 0) is 38.7 Å². The Labute approximate surface area is 157 Å². The van der Waals surface area contributed by atoms with Gasteiger partial charge in [-0.2, -0.15) is 23.2 Å². The Morgan fingerprint density at radius 3 is 2.81 bits per heavy atom. The Morgan fingerprint density at radius 1 is 1.26 bits per heavy atom. The van der Waals surface area contributed by atoms with Crippen molar-refractivity contribution in [3.8, 4) is 11.3 Å². The maximum absolute atomic E-state index is 11.1. The smallest absolute Gasteiger partial charge is 0.266 e. The molecule has 0 amide bonds. The van der Waals surface area contributed by atoms with Crippen LogP contribution in [0, 0.1) is 0 Å². The number of hydrogen-bond donors (Lipinski definition) is 2. The van der Waals surface area contributed by atoms with Crippen LogP contribution in [0.1, 0.15) is 6.42 Å². The van der Waals surface area contributed by atoms with Gasteiger partial charge in [-0.25, -0.2) is 9.97 Å². The molecule has 0 saturated carbocycles. The third-order valence-corrected chi connectivity index (χ3v) is 4.94. The van der Waals surface area contributed by atoms with Crippen molar-refractivity contribution in [1.29, 1.82) is 0 Å². The van der Waals surface area contributed by atoms with Gasteiger partial charge in [0, 0.05) is 30.5 Å². The Morgan fingerprint density at radius 2 is 2.07 bits per heavy atom. The molecule has 27 heavy (non-hydrogen) atoms. The molecule has 0 spiro atoms. The number of nitrogens with one attached hydrogen (secondary N) is 1. The number of aromatic nitrogens is 5. The predicted octanol–water partition coefficient (Wildman–Crippen LogP) is 0.806. The fourth-order valence-electron chi connectivity index (χ4n) is 2.71. The fraction of sp³-hybridized carbons (Fsp3) is 0.375. The first-order chi connectivity index (χ1) is 12.8. The van der Waals surface area contributed by atoms with E-state index in [9.17, 15) is 8.42 Å². The molecule has 11 heteroatoms. The minimum atomic E-state index is -4.04. The normalized spacial score (nSPS) is 13.2. The van der Waals surface area contributed by atoms with E-state index in [1.165, 1.54) is 4.63 Å². The van der Waals surface area contributed by atoms with Gasteiger partial charge in [0.25, 0.3) is 10.1 Å². The average Bonchev–Trinajstić information content (AvgIpc) is 3.04. The van der Waals surface area contributed by atoms with Gasteiger partial charge in [-0.1, -0.05) is 0 Å². The molecule has 3 rings (SSSR count). The van der Waals surface area contributed by atoms with Crippen LogP contribution in [0.5, 0.6) is 0 Å². The van der Waals surface area contributed by atoms with Crippen molar-refractivity contribution in [2.24, 2.45) is 0 Å². The number of hydrogen-bond acceptors (Lipinski definition) is 8. The van der Waals surface area contributed by atoms with Gasteiger partial charge < -0.3 is 10.2 Å². The van der Waals surface area contributed by atoms with Crippen LogP contribution in [-0.4, -0.2) is 75.1 Å². The van der Waals surface area contributed by atoms with Crippen LogP contribution >= 0.6 is 0 Å². The first-order valence-electron chi connectivity index (χ1n) is 8.31. The van der Waals surface area contributed by atoms with Crippen molar-refractivity contribution < 1.29 is 13.0 Å². The van der Waals surface area contributed by atoms with Crippen molar-refractivity contribution in [3.05, 3.63) is 36.8 Å². The summed E-state index contributed by atoms with van der Waals surface area (Å²) < 4.78 is 32.9. The third-order valence-electron chi connectivity index (χ3n) is 4.13.